The molecule has 0 bridgehead atoms. The van der Waals surface area contributed by atoms with Gasteiger partial charge in [0.05, 0.1) is 6.54 Å². The number of hydrogen-bond acceptors (Lipinski definition) is 2. The van der Waals surface area contributed by atoms with E-state index >= 15 is 0 Å². The zero-order valence-corrected chi connectivity index (χ0v) is 12.0. The fraction of sp³-hybridized carbons (Fsp3) is 0.529. The molecule has 1 saturated heterocycles. The van der Waals surface area contributed by atoms with Gasteiger partial charge in [-0.3, -0.25) is 9.59 Å². The number of rotatable bonds is 1. The van der Waals surface area contributed by atoms with E-state index in [1.807, 2.05) is 0 Å². The van der Waals surface area contributed by atoms with Crippen LogP contribution >= 0.6 is 0 Å². The van der Waals surface area contributed by atoms with Gasteiger partial charge in [-0.15, -0.1) is 0 Å². The zero-order chi connectivity index (χ0) is 14.4. The van der Waals surface area contributed by atoms with Crippen LogP contribution in [0, 0.1) is 11.8 Å². The number of aryl methyl sites for hydroxylation is 1. The maximum atomic E-state index is 12.8. The van der Waals surface area contributed by atoms with Gasteiger partial charge in [-0.05, 0) is 42.2 Å². The van der Waals surface area contributed by atoms with Crippen molar-refractivity contribution in [2.24, 2.45) is 11.8 Å². The summed E-state index contributed by atoms with van der Waals surface area (Å²) in [7, 11) is 0. The van der Waals surface area contributed by atoms with E-state index in [0.717, 1.165) is 19.3 Å². The molecule has 0 radical (unpaired) electrons. The topological polar surface area (TPSA) is 49.4 Å². The van der Waals surface area contributed by atoms with Gasteiger partial charge in [0.15, 0.2) is 0 Å². The smallest absolute Gasteiger partial charge is 0.239 e. The number of hydrogen-bond donors (Lipinski definition) is 1. The molecule has 3 unspecified atom stereocenters. The molecule has 4 nitrogen and oxygen atoms in total. The van der Waals surface area contributed by atoms with E-state index in [2.05, 4.69) is 29.6 Å². The van der Waals surface area contributed by atoms with E-state index in [0.29, 0.717) is 24.9 Å². The molecule has 2 amide bonds. The van der Waals surface area contributed by atoms with Crippen molar-refractivity contribution in [3.8, 4) is 0 Å². The highest BCUT2D eigenvalue weighted by Gasteiger charge is 2.57. The average molecular weight is 284 g/mol. The van der Waals surface area contributed by atoms with Crippen molar-refractivity contribution in [3.63, 3.8) is 0 Å². The van der Waals surface area contributed by atoms with Gasteiger partial charge in [-0.2, -0.15) is 0 Å². The van der Waals surface area contributed by atoms with Crippen LogP contribution in [0.15, 0.2) is 24.3 Å². The number of amides is 2. The summed E-state index contributed by atoms with van der Waals surface area (Å²) in [5.74, 6) is 1.18. The first-order chi connectivity index (χ1) is 10.3. The Hall–Kier alpha value is -1.84. The highest BCUT2D eigenvalue weighted by molar-refractivity contribution is 5.89. The lowest BCUT2D eigenvalue weighted by Crippen LogP contribution is -2.38. The van der Waals surface area contributed by atoms with Gasteiger partial charge < -0.3 is 10.2 Å². The Morgan fingerprint density at radius 1 is 1.29 bits per heavy atom. The maximum Gasteiger partial charge on any atom is 0.239 e. The lowest BCUT2D eigenvalue weighted by atomic mass is 9.92. The van der Waals surface area contributed by atoms with E-state index in [1.165, 1.54) is 11.1 Å². The van der Waals surface area contributed by atoms with Crippen molar-refractivity contribution in [1.29, 1.82) is 0 Å². The first-order valence-electron chi connectivity index (χ1n) is 7.89. The minimum atomic E-state index is -0.0233. The third-order valence-electron chi connectivity index (χ3n) is 5.19. The molecule has 2 fully saturated rings. The minimum absolute atomic E-state index is 0.0233. The molecule has 2 aliphatic carbocycles. The van der Waals surface area contributed by atoms with Crippen molar-refractivity contribution in [2.45, 2.75) is 25.2 Å². The fourth-order valence-corrected chi connectivity index (χ4v) is 4.11. The van der Waals surface area contributed by atoms with Gasteiger partial charge in [0.1, 0.15) is 0 Å². The van der Waals surface area contributed by atoms with Crippen LogP contribution < -0.4 is 5.32 Å². The number of fused-ring (bicyclic) bond motifs is 3. The Labute approximate surface area is 124 Å². The molecule has 1 N–H and O–H groups in total. The monoisotopic (exact) mass is 284 g/mol. The van der Waals surface area contributed by atoms with Crippen molar-refractivity contribution < 1.29 is 9.59 Å². The Kier molecular flexibility index (Phi) is 2.98. The maximum absolute atomic E-state index is 12.8. The molecule has 21 heavy (non-hydrogen) atoms. The van der Waals surface area contributed by atoms with Crippen LogP contribution in [-0.4, -0.2) is 36.3 Å². The molecule has 0 spiro atoms. The summed E-state index contributed by atoms with van der Waals surface area (Å²) in [6.07, 6.45) is 3.05. The van der Waals surface area contributed by atoms with Gasteiger partial charge in [0, 0.05) is 19.0 Å². The van der Waals surface area contributed by atoms with Crippen LogP contribution in [0.1, 0.15) is 29.9 Å². The van der Waals surface area contributed by atoms with Crippen LogP contribution in [0.2, 0.25) is 0 Å². The molecule has 1 aromatic rings. The van der Waals surface area contributed by atoms with Crippen molar-refractivity contribution in [2.75, 3.05) is 19.6 Å². The highest BCUT2D eigenvalue weighted by atomic mass is 16.2. The molecule has 4 rings (SSSR count). The number of benzene rings is 1. The van der Waals surface area contributed by atoms with Crippen molar-refractivity contribution >= 4 is 11.8 Å². The molecule has 3 aliphatic rings. The summed E-state index contributed by atoms with van der Waals surface area (Å²) in [6.45, 7) is 1.62. The van der Waals surface area contributed by atoms with E-state index in [-0.39, 0.29) is 24.3 Å². The first kappa shape index (κ1) is 12.9. The number of nitrogens with zero attached hydrogens (tertiary/aromatic N) is 1. The number of carbonyl (C=O) groups is 2. The quantitative estimate of drug-likeness (QED) is 0.845. The average Bonchev–Trinajstić information content (AvgIpc) is 3.26. The molecule has 1 heterocycles. The predicted octanol–water partition coefficient (Wildman–Crippen LogP) is 1.31. The third kappa shape index (κ3) is 2.13. The summed E-state index contributed by atoms with van der Waals surface area (Å²) >= 11 is 0. The van der Waals surface area contributed by atoms with Crippen molar-refractivity contribution in [1.82, 2.24) is 10.2 Å². The lowest BCUT2D eigenvalue weighted by molar-refractivity contribution is -0.136. The molecule has 0 aromatic heterocycles. The molecular formula is C17H20N2O2. The Morgan fingerprint density at radius 2 is 2.14 bits per heavy atom. The van der Waals surface area contributed by atoms with Crippen LogP contribution in [0.4, 0.5) is 0 Å². The summed E-state index contributed by atoms with van der Waals surface area (Å²) in [5, 5.41) is 2.83. The molecule has 1 aromatic carbocycles. The summed E-state index contributed by atoms with van der Waals surface area (Å²) in [5.41, 5.74) is 2.77. The van der Waals surface area contributed by atoms with Gasteiger partial charge in [0.2, 0.25) is 11.8 Å². The third-order valence-corrected chi connectivity index (χ3v) is 5.19. The van der Waals surface area contributed by atoms with Crippen LogP contribution in [0.5, 0.6) is 0 Å². The van der Waals surface area contributed by atoms with Gasteiger partial charge in [-0.1, -0.05) is 24.3 Å². The van der Waals surface area contributed by atoms with Crippen LogP contribution in [0.3, 0.4) is 0 Å². The second-order valence-corrected chi connectivity index (χ2v) is 6.42. The van der Waals surface area contributed by atoms with E-state index < -0.39 is 0 Å². The second-order valence-electron chi connectivity index (χ2n) is 6.42. The van der Waals surface area contributed by atoms with Gasteiger partial charge >= 0.3 is 0 Å². The Bertz CT molecular complexity index is 598. The van der Waals surface area contributed by atoms with Crippen LogP contribution in [-0.2, 0) is 16.0 Å². The predicted molar refractivity (Wildman–Crippen MR) is 78.7 cm³/mol. The summed E-state index contributed by atoms with van der Waals surface area (Å²) in [6, 6.07) is 8.51. The highest BCUT2D eigenvalue weighted by Crippen LogP contribution is 2.60. The lowest BCUT2D eigenvalue weighted by Gasteiger charge is -2.19. The fourth-order valence-electron chi connectivity index (χ4n) is 4.11. The molecule has 4 heteroatoms. The van der Waals surface area contributed by atoms with E-state index in [1.54, 1.807) is 4.90 Å². The standard InChI is InChI=1S/C17H20N2O2/c20-14-10-19(9-3-8-18-14)17(21)16-13-7-6-11-4-1-2-5-12(11)15(13)16/h1-2,4-5,13,15-16H,3,6-10H2,(H,18,20). The molecule has 3 atom stereocenters. The number of nitrogens with one attached hydrogen (secondary N) is 1. The minimum Gasteiger partial charge on any atom is -0.354 e. The van der Waals surface area contributed by atoms with Gasteiger partial charge in [-0.25, -0.2) is 0 Å². The summed E-state index contributed by atoms with van der Waals surface area (Å²) in [4.78, 5) is 26.2. The summed E-state index contributed by atoms with van der Waals surface area (Å²) < 4.78 is 0. The zero-order valence-electron chi connectivity index (χ0n) is 12.0. The van der Waals surface area contributed by atoms with Gasteiger partial charge in [0.25, 0.3) is 0 Å². The largest absolute Gasteiger partial charge is 0.354 e. The Morgan fingerprint density at radius 3 is 3.05 bits per heavy atom. The molecule has 110 valence electrons. The number of carbonyl (C=O) groups excluding carboxylic acids is 2. The molecule has 1 aliphatic heterocycles. The molecule has 1 saturated carbocycles. The van der Waals surface area contributed by atoms with E-state index in [9.17, 15) is 9.59 Å². The van der Waals surface area contributed by atoms with E-state index in [4.69, 9.17) is 0 Å². The second kappa shape index (κ2) is 4.86. The van der Waals surface area contributed by atoms with Crippen LogP contribution in [0.25, 0.3) is 0 Å². The molecular weight excluding hydrogens is 264 g/mol. The van der Waals surface area contributed by atoms with Crippen molar-refractivity contribution in [3.05, 3.63) is 35.4 Å². The SMILES string of the molecule is O=C1CN(C(=O)C2C3CCc4ccccc4C32)CCCN1. The Balaban J connectivity index is 1.54. The first-order valence-corrected chi connectivity index (χ1v) is 7.89. The normalized spacial score (nSPS) is 30.8.